The van der Waals surface area contributed by atoms with Crippen LogP contribution in [-0.2, 0) is 0 Å². The third kappa shape index (κ3) is 3.97. The minimum atomic E-state index is 0.187. The summed E-state index contributed by atoms with van der Waals surface area (Å²) in [5.74, 6) is 7.61. The predicted octanol–water partition coefficient (Wildman–Crippen LogP) is 3.87. The number of ether oxygens (including phenoxy) is 1. The van der Waals surface area contributed by atoms with Crippen molar-refractivity contribution in [1.29, 1.82) is 0 Å². The van der Waals surface area contributed by atoms with Crippen LogP contribution in [0, 0.1) is 12.8 Å². The number of nitrogens with one attached hydrogen (secondary N) is 1. The van der Waals surface area contributed by atoms with Crippen molar-refractivity contribution in [2.45, 2.75) is 57.9 Å². The summed E-state index contributed by atoms with van der Waals surface area (Å²) in [7, 11) is 1.73. The Morgan fingerprint density at radius 3 is 2.70 bits per heavy atom. The van der Waals surface area contributed by atoms with E-state index in [9.17, 15) is 0 Å². The van der Waals surface area contributed by atoms with Crippen molar-refractivity contribution in [3.05, 3.63) is 29.3 Å². The van der Waals surface area contributed by atoms with Crippen LogP contribution in [0.15, 0.2) is 18.2 Å². The van der Waals surface area contributed by atoms with Gasteiger partial charge in [-0.3, -0.25) is 11.3 Å². The fourth-order valence-electron chi connectivity index (χ4n) is 3.33. The Morgan fingerprint density at radius 2 is 2.05 bits per heavy atom. The van der Waals surface area contributed by atoms with Crippen LogP contribution in [0.25, 0.3) is 0 Å². The lowest BCUT2D eigenvalue weighted by Gasteiger charge is -2.25. The Labute approximate surface area is 122 Å². The molecule has 1 aromatic rings. The third-order valence-electron chi connectivity index (χ3n) is 4.55. The molecule has 1 atom stereocenters. The van der Waals surface area contributed by atoms with E-state index in [-0.39, 0.29) is 6.04 Å². The highest BCUT2D eigenvalue weighted by Crippen LogP contribution is 2.33. The molecule has 0 saturated heterocycles. The first kappa shape index (κ1) is 15.3. The summed E-state index contributed by atoms with van der Waals surface area (Å²) >= 11 is 0. The lowest BCUT2D eigenvalue weighted by Crippen LogP contribution is -2.29. The maximum atomic E-state index is 5.79. The van der Waals surface area contributed by atoms with Crippen LogP contribution in [0.4, 0.5) is 0 Å². The van der Waals surface area contributed by atoms with Gasteiger partial charge in [0.25, 0.3) is 0 Å². The van der Waals surface area contributed by atoms with Crippen LogP contribution >= 0.6 is 0 Å². The normalized spacial score (nSPS) is 17.9. The van der Waals surface area contributed by atoms with Crippen molar-refractivity contribution in [3.8, 4) is 5.75 Å². The number of rotatable bonds is 6. The zero-order chi connectivity index (χ0) is 14.4. The molecule has 1 aromatic carbocycles. The van der Waals surface area contributed by atoms with Crippen molar-refractivity contribution in [2.24, 2.45) is 11.8 Å². The molecule has 112 valence electrons. The summed E-state index contributed by atoms with van der Waals surface area (Å²) in [6.45, 7) is 2.11. The second-order valence-corrected chi connectivity index (χ2v) is 6.05. The molecule has 0 spiro atoms. The largest absolute Gasteiger partial charge is 0.496 e. The number of hydrogen-bond donors (Lipinski definition) is 2. The van der Waals surface area contributed by atoms with Gasteiger partial charge in [0, 0.05) is 11.6 Å². The fourth-order valence-corrected chi connectivity index (χ4v) is 3.33. The van der Waals surface area contributed by atoms with E-state index >= 15 is 0 Å². The first-order valence-corrected chi connectivity index (χ1v) is 7.85. The van der Waals surface area contributed by atoms with Crippen LogP contribution in [0.5, 0.6) is 5.75 Å². The average Bonchev–Trinajstić information content (AvgIpc) is 2.49. The molecule has 3 nitrogen and oxygen atoms in total. The molecule has 0 bridgehead atoms. The minimum absolute atomic E-state index is 0.187. The Morgan fingerprint density at radius 1 is 1.30 bits per heavy atom. The molecule has 3 N–H and O–H groups in total. The second kappa shape index (κ2) is 7.65. The molecule has 20 heavy (non-hydrogen) atoms. The van der Waals surface area contributed by atoms with E-state index in [1.807, 2.05) is 6.07 Å². The predicted molar refractivity (Wildman–Crippen MR) is 83.6 cm³/mol. The first-order valence-electron chi connectivity index (χ1n) is 7.85. The second-order valence-electron chi connectivity index (χ2n) is 6.05. The number of methoxy groups -OCH3 is 1. The first-order chi connectivity index (χ1) is 9.74. The SMILES string of the molecule is COc1ccc(C)cc1C(CCC1CCCCC1)NN. The highest BCUT2D eigenvalue weighted by Gasteiger charge is 2.19. The molecule has 1 saturated carbocycles. The molecule has 0 amide bonds. The molecular formula is C17H28N2O. The fraction of sp³-hybridized carbons (Fsp3) is 0.647. The molecule has 1 aliphatic rings. The molecule has 0 aliphatic heterocycles. The van der Waals surface area contributed by atoms with Crippen LogP contribution in [0.1, 0.15) is 62.1 Å². The van der Waals surface area contributed by atoms with Gasteiger partial charge < -0.3 is 4.74 Å². The van der Waals surface area contributed by atoms with Gasteiger partial charge in [-0.15, -0.1) is 0 Å². The maximum absolute atomic E-state index is 5.79. The Kier molecular flexibility index (Phi) is 5.86. The van der Waals surface area contributed by atoms with Gasteiger partial charge in [0.2, 0.25) is 0 Å². The van der Waals surface area contributed by atoms with E-state index in [2.05, 4.69) is 24.5 Å². The third-order valence-corrected chi connectivity index (χ3v) is 4.55. The van der Waals surface area contributed by atoms with Gasteiger partial charge in [0.15, 0.2) is 0 Å². The number of aryl methyl sites for hydroxylation is 1. The molecule has 1 aliphatic carbocycles. The van der Waals surface area contributed by atoms with Gasteiger partial charge in [-0.25, -0.2) is 0 Å². The topological polar surface area (TPSA) is 47.3 Å². The summed E-state index contributed by atoms with van der Waals surface area (Å²) in [4.78, 5) is 0. The van der Waals surface area contributed by atoms with Gasteiger partial charge in [-0.2, -0.15) is 0 Å². The number of benzene rings is 1. The standard InChI is InChI=1S/C17H28N2O/c1-13-8-11-17(20-2)15(12-13)16(19-18)10-9-14-6-4-3-5-7-14/h8,11-12,14,16,19H,3-7,9-10,18H2,1-2H3. The highest BCUT2D eigenvalue weighted by molar-refractivity contribution is 5.39. The Bertz CT molecular complexity index is 413. The zero-order valence-corrected chi connectivity index (χ0v) is 12.8. The number of hydrazine groups is 1. The minimum Gasteiger partial charge on any atom is -0.496 e. The van der Waals surface area contributed by atoms with Crippen molar-refractivity contribution in [2.75, 3.05) is 7.11 Å². The molecule has 0 heterocycles. The van der Waals surface area contributed by atoms with Crippen molar-refractivity contribution < 1.29 is 4.74 Å². The summed E-state index contributed by atoms with van der Waals surface area (Å²) in [5.41, 5.74) is 5.41. The van der Waals surface area contributed by atoms with E-state index < -0.39 is 0 Å². The van der Waals surface area contributed by atoms with E-state index in [1.165, 1.54) is 49.7 Å². The van der Waals surface area contributed by atoms with Gasteiger partial charge in [-0.05, 0) is 31.7 Å². The number of hydrogen-bond acceptors (Lipinski definition) is 3. The Hall–Kier alpha value is -1.06. The molecule has 1 unspecified atom stereocenters. The van der Waals surface area contributed by atoms with Crippen LogP contribution in [-0.4, -0.2) is 7.11 Å². The van der Waals surface area contributed by atoms with Crippen LogP contribution in [0.3, 0.4) is 0 Å². The maximum Gasteiger partial charge on any atom is 0.123 e. The molecule has 0 aromatic heterocycles. The van der Waals surface area contributed by atoms with E-state index in [1.54, 1.807) is 7.11 Å². The van der Waals surface area contributed by atoms with E-state index in [0.717, 1.165) is 18.1 Å². The zero-order valence-electron chi connectivity index (χ0n) is 12.8. The van der Waals surface area contributed by atoms with Crippen molar-refractivity contribution in [3.63, 3.8) is 0 Å². The monoisotopic (exact) mass is 276 g/mol. The van der Waals surface area contributed by atoms with Crippen LogP contribution in [0.2, 0.25) is 0 Å². The molecule has 2 rings (SSSR count). The van der Waals surface area contributed by atoms with Crippen molar-refractivity contribution in [1.82, 2.24) is 5.43 Å². The van der Waals surface area contributed by atoms with Gasteiger partial charge in [0.1, 0.15) is 5.75 Å². The van der Waals surface area contributed by atoms with Crippen LogP contribution < -0.4 is 16.0 Å². The summed E-state index contributed by atoms with van der Waals surface area (Å²) in [6, 6.07) is 6.49. The highest BCUT2D eigenvalue weighted by atomic mass is 16.5. The summed E-state index contributed by atoms with van der Waals surface area (Å²) in [5, 5.41) is 0. The van der Waals surface area contributed by atoms with Gasteiger partial charge in [0.05, 0.1) is 7.11 Å². The van der Waals surface area contributed by atoms with E-state index in [0.29, 0.717) is 0 Å². The quantitative estimate of drug-likeness (QED) is 0.612. The summed E-state index contributed by atoms with van der Waals surface area (Å²) in [6.07, 6.45) is 9.34. The Balaban J connectivity index is 2.01. The summed E-state index contributed by atoms with van der Waals surface area (Å²) < 4.78 is 5.48. The number of nitrogens with two attached hydrogens (primary N) is 1. The lowest BCUT2D eigenvalue weighted by molar-refractivity contribution is 0.312. The van der Waals surface area contributed by atoms with Gasteiger partial charge >= 0.3 is 0 Å². The smallest absolute Gasteiger partial charge is 0.123 e. The molecule has 0 radical (unpaired) electrons. The lowest BCUT2D eigenvalue weighted by atomic mass is 9.84. The molecule has 3 heteroatoms. The average molecular weight is 276 g/mol. The molecular weight excluding hydrogens is 248 g/mol. The molecule has 1 fully saturated rings. The van der Waals surface area contributed by atoms with Gasteiger partial charge in [-0.1, -0.05) is 49.8 Å². The van der Waals surface area contributed by atoms with E-state index in [4.69, 9.17) is 10.6 Å². The van der Waals surface area contributed by atoms with Crippen molar-refractivity contribution >= 4 is 0 Å².